The summed E-state index contributed by atoms with van der Waals surface area (Å²) in [6.45, 7) is 2.44. The second-order valence-corrected chi connectivity index (χ2v) is 8.30. The van der Waals surface area contributed by atoms with Gasteiger partial charge in [-0.2, -0.15) is 4.98 Å². The Hall–Kier alpha value is -3.81. The number of aromatic amines is 1. The summed E-state index contributed by atoms with van der Waals surface area (Å²) in [5.41, 5.74) is 2.90. The van der Waals surface area contributed by atoms with Crippen LogP contribution in [0.15, 0.2) is 59.3 Å². The van der Waals surface area contributed by atoms with Crippen molar-refractivity contribution in [2.24, 2.45) is 0 Å². The van der Waals surface area contributed by atoms with E-state index in [0.717, 1.165) is 36.3 Å². The lowest BCUT2D eigenvalue weighted by Gasteiger charge is -2.35. The number of carbonyl (C=O) groups excluding carboxylic acids is 1. The Balaban J connectivity index is 1.38. The van der Waals surface area contributed by atoms with E-state index in [-0.39, 0.29) is 17.8 Å². The van der Waals surface area contributed by atoms with Gasteiger partial charge >= 0.3 is 0 Å². The normalized spacial score (nSPS) is 16.2. The first kappa shape index (κ1) is 21.1. The summed E-state index contributed by atoms with van der Waals surface area (Å²) in [6, 6.07) is 13.7. The number of benzene rings is 2. The van der Waals surface area contributed by atoms with E-state index in [1.807, 2.05) is 29.2 Å². The third-order valence-electron chi connectivity index (χ3n) is 6.02. The highest BCUT2D eigenvalue weighted by Crippen LogP contribution is 2.28. The highest BCUT2D eigenvalue weighted by atomic mass is 19.1. The molecule has 0 aliphatic carbocycles. The molecule has 0 bridgehead atoms. The van der Waals surface area contributed by atoms with Gasteiger partial charge in [-0.15, -0.1) is 0 Å². The number of H-pyrrole nitrogens is 1. The van der Waals surface area contributed by atoms with Crippen molar-refractivity contribution >= 4 is 5.91 Å². The minimum Gasteiger partial charge on any atom is -0.342 e. The first-order valence-electron chi connectivity index (χ1n) is 11.1. The highest BCUT2D eigenvalue weighted by Gasteiger charge is 2.30. The second kappa shape index (κ2) is 8.97. The van der Waals surface area contributed by atoms with Crippen LogP contribution in [-0.2, 0) is 6.42 Å². The van der Waals surface area contributed by atoms with Crippen LogP contribution in [0.25, 0.3) is 22.7 Å². The largest absolute Gasteiger partial charge is 0.342 e. The lowest BCUT2D eigenvalue weighted by atomic mass is 9.96. The summed E-state index contributed by atoms with van der Waals surface area (Å²) in [4.78, 5) is 27.7. The van der Waals surface area contributed by atoms with Crippen molar-refractivity contribution in [1.29, 1.82) is 0 Å². The predicted octanol–water partition coefficient (Wildman–Crippen LogP) is 4.81. The van der Waals surface area contributed by atoms with Crippen LogP contribution in [-0.4, -0.2) is 43.5 Å². The fraction of sp³-hybridized carbons (Fsp3) is 0.280. The number of nitrogens with zero attached hydrogens (tertiary/aromatic N) is 4. The van der Waals surface area contributed by atoms with Gasteiger partial charge < -0.3 is 14.4 Å². The maximum atomic E-state index is 13.6. The molecule has 168 valence electrons. The number of hydrogen-bond acceptors (Lipinski definition) is 5. The maximum Gasteiger partial charge on any atom is 0.258 e. The minimum absolute atomic E-state index is 0.0240. The molecule has 1 unspecified atom stereocenters. The van der Waals surface area contributed by atoms with Gasteiger partial charge in [0.15, 0.2) is 5.82 Å². The van der Waals surface area contributed by atoms with Crippen LogP contribution < -0.4 is 0 Å². The average molecular weight is 445 g/mol. The Morgan fingerprint density at radius 2 is 2.00 bits per heavy atom. The SMILES string of the molecule is Cc1noc(-c2ccccc2C(=O)N2CCCCC2Cc2ncc(-c3ccc(F)cc3)[nH]2)n1. The molecule has 33 heavy (non-hydrogen) atoms. The van der Waals surface area contributed by atoms with Gasteiger partial charge in [0.2, 0.25) is 0 Å². The van der Waals surface area contributed by atoms with Gasteiger partial charge in [0.05, 0.1) is 23.0 Å². The highest BCUT2D eigenvalue weighted by molar-refractivity contribution is 6.00. The van der Waals surface area contributed by atoms with Crippen LogP contribution in [0.4, 0.5) is 4.39 Å². The van der Waals surface area contributed by atoms with E-state index in [1.165, 1.54) is 12.1 Å². The van der Waals surface area contributed by atoms with Gasteiger partial charge in [-0.1, -0.05) is 17.3 Å². The molecule has 0 radical (unpaired) electrons. The molecule has 1 aliphatic heterocycles. The number of nitrogens with one attached hydrogen (secondary N) is 1. The molecule has 1 saturated heterocycles. The summed E-state index contributed by atoms with van der Waals surface area (Å²) in [5.74, 6) is 1.36. The summed E-state index contributed by atoms with van der Waals surface area (Å²) in [5, 5.41) is 3.86. The first-order valence-corrected chi connectivity index (χ1v) is 11.1. The van der Waals surface area contributed by atoms with E-state index in [0.29, 0.717) is 35.8 Å². The smallest absolute Gasteiger partial charge is 0.258 e. The van der Waals surface area contributed by atoms with Crippen molar-refractivity contribution in [3.05, 3.63) is 77.8 Å². The first-order chi connectivity index (χ1) is 16.1. The number of aryl methyl sites for hydroxylation is 1. The van der Waals surface area contributed by atoms with Gasteiger partial charge in [0.25, 0.3) is 11.8 Å². The van der Waals surface area contributed by atoms with Crippen molar-refractivity contribution in [3.63, 3.8) is 0 Å². The summed E-state index contributed by atoms with van der Waals surface area (Å²) in [7, 11) is 0. The summed E-state index contributed by atoms with van der Waals surface area (Å²) in [6.07, 6.45) is 5.30. The fourth-order valence-electron chi connectivity index (χ4n) is 4.36. The van der Waals surface area contributed by atoms with Gasteiger partial charge in [0, 0.05) is 19.0 Å². The molecular weight excluding hydrogens is 421 g/mol. The molecule has 2 aromatic carbocycles. The zero-order chi connectivity index (χ0) is 22.8. The van der Waals surface area contributed by atoms with Crippen molar-refractivity contribution in [3.8, 4) is 22.7 Å². The van der Waals surface area contributed by atoms with Gasteiger partial charge in [-0.25, -0.2) is 9.37 Å². The van der Waals surface area contributed by atoms with Crippen molar-refractivity contribution in [1.82, 2.24) is 25.0 Å². The van der Waals surface area contributed by atoms with Gasteiger partial charge in [-0.05, 0) is 68.1 Å². The molecule has 1 fully saturated rings. The lowest BCUT2D eigenvalue weighted by molar-refractivity contribution is 0.0612. The number of aromatic nitrogens is 4. The van der Waals surface area contributed by atoms with Crippen molar-refractivity contribution < 1.29 is 13.7 Å². The molecular formula is C25H24FN5O2. The molecule has 8 heteroatoms. The minimum atomic E-state index is -0.272. The lowest BCUT2D eigenvalue weighted by Crippen LogP contribution is -2.45. The van der Waals surface area contributed by atoms with E-state index in [1.54, 1.807) is 25.3 Å². The quantitative estimate of drug-likeness (QED) is 0.476. The molecule has 1 N–H and O–H groups in total. The number of hydrogen-bond donors (Lipinski definition) is 1. The Kier molecular flexibility index (Phi) is 5.73. The standard InChI is InChI=1S/C25H24FN5O2/c1-16-28-24(33-30-16)20-7-2-3-8-21(20)25(32)31-13-5-4-6-19(31)14-23-27-15-22(29-23)17-9-11-18(26)12-10-17/h2-3,7-12,15,19H,4-6,13-14H2,1H3,(H,27,29). The Morgan fingerprint density at radius 3 is 2.79 bits per heavy atom. The topological polar surface area (TPSA) is 87.9 Å². The molecule has 3 heterocycles. The van der Waals surface area contributed by atoms with Crippen molar-refractivity contribution in [2.45, 2.75) is 38.6 Å². The molecule has 5 rings (SSSR count). The van der Waals surface area contributed by atoms with Gasteiger partial charge in [-0.3, -0.25) is 4.79 Å². The fourth-order valence-corrected chi connectivity index (χ4v) is 4.36. The van der Waals surface area contributed by atoms with E-state index in [9.17, 15) is 9.18 Å². The average Bonchev–Trinajstić information content (AvgIpc) is 3.49. The Bertz CT molecular complexity index is 1260. The second-order valence-electron chi connectivity index (χ2n) is 8.30. The van der Waals surface area contributed by atoms with Crippen LogP contribution in [0.1, 0.15) is 41.3 Å². The maximum absolute atomic E-state index is 13.6. The number of piperidine rings is 1. The monoisotopic (exact) mass is 445 g/mol. The van der Waals surface area contributed by atoms with Crippen molar-refractivity contribution in [2.75, 3.05) is 6.54 Å². The molecule has 1 aliphatic rings. The zero-order valence-electron chi connectivity index (χ0n) is 18.3. The van der Waals surface area contributed by atoms with E-state index in [2.05, 4.69) is 20.1 Å². The molecule has 7 nitrogen and oxygen atoms in total. The van der Waals surface area contributed by atoms with E-state index in [4.69, 9.17) is 4.52 Å². The molecule has 0 spiro atoms. The third kappa shape index (κ3) is 4.41. The number of likely N-dealkylation sites (tertiary alicyclic amines) is 1. The number of amides is 1. The van der Waals surface area contributed by atoms with Crippen LogP contribution in [0, 0.1) is 12.7 Å². The number of halogens is 1. The zero-order valence-corrected chi connectivity index (χ0v) is 18.3. The number of carbonyl (C=O) groups is 1. The van der Waals surface area contributed by atoms with E-state index < -0.39 is 0 Å². The Labute approximate surface area is 190 Å². The predicted molar refractivity (Wildman–Crippen MR) is 121 cm³/mol. The van der Waals surface area contributed by atoms with Crippen LogP contribution >= 0.6 is 0 Å². The number of rotatable bonds is 5. The van der Waals surface area contributed by atoms with Crippen LogP contribution in [0.5, 0.6) is 0 Å². The number of imidazole rings is 1. The molecule has 0 saturated carbocycles. The van der Waals surface area contributed by atoms with Gasteiger partial charge in [0.1, 0.15) is 11.6 Å². The van der Waals surface area contributed by atoms with E-state index >= 15 is 0 Å². The summed E-state index contributed by atoms with van der Waals surface area (Å²) >= 11 is 0. The molecule has 2 aromatic heterocycles. The Morgan fingerprint density at radius 1 is 1.18 bits per heavy atom. The molecule has 4 aromatic rings. The molecule has 1 atom stereocenters. The molecule has 1 amide bonds. The van der Waals surface area contributed by atoms with Crippen LogP contribution in [0.2, 0.25) is 0 Å². The van der Waals surface area contributed by atoms with Crippen LogP contribution in [0.3, 0.4) is 0 Å². The summed E-state index contributed by atoms with van der Waals surface area (Å²) < 4.78 is 18.6. The third-order valence-corrected chi connectivity index (χ3v) is 6.02.